The van der Waals surface area contributed by atoms with Gasteiger partial charge < -0.3 is 20.1 Å². The van der Waals surface area contributed by atoms with Crippen LogP contribution in [0.15, 0.2) is 72.8 Å². The Morgan fingerprint density at radius 3 is 2.50 bits per heavy atom. The number of amides is 1. The number of para-hydroxylation sites is 2. The Labute approximate surface area is 182 Å². The fourth-order valence-electron chi connectivity index (χ4n) is 2.95. The van der Waals surface area contributed by atoms with E-state index in [1.54, 1.807) is 19.2 Å². The highest BCUT2D eigenvalue weighted by Gasteiger charge is 2.08. The number of halogens is 1. The second-order valence-electron chi connectivity index (χ2n) is 6.68. The number of methoxy groups -OCH3 is 1. The lowest BCUT2D eigenvalue weighted by Crippen LogP contribution is -2.22. The van der Waals surface area contributed by atoms with Crippen LogP contribution in [-0.4, -0.2) is 26.2 Å². The van der Waals surface area contributed by atoms with E-state index in [1.165, 1.54) is 5.56 Å². The molecule has 3 aromatic rings. The molecule has 0 aliphatic heterocycles. The molecule has 0 radical (unpaired) electrons. The number of rotatable bonds is 10. The molecule has 0 aliphatic rings. The maximum atomic E-state index is 12.4. The quantitative estimate of drug-likeness (QED) is 0.427. The van der Waals surface area contributed by atoms with Gasteiger partial charge in [0, 0.05) is 5.69 Å². The molecule has 3 aromatic carbocycles. The van der Waals surface area contributed by atoms with Crippen LogP contribution in [0.25, 0.3) is 0 Å². The molecule has 0 atom stereocenters. The molecule has 156 valence electrons. The van der Waals surface area contributed by atoms with Crippen molar-refractivity contribution in [1.29, 1.82) is 0 Å². The van der Waals surface area contributed by atoms with Crippen LogP contribution in [0.1, 0.15) is 12.0 Å². The van der Waals surface area contributed by atoms with E-state index >= 15 is 0 Å². The average molecular weight is 425 g/mol. The van der Waals surface area contributed by atoms with E-state index in [-0.39, 0.29) is 12.5 Å². The monoisotopic (exact) mass is 424 g/mol. The van der Waals surface area contributed by atoms with Crippen molar-refractivity contribution < 1.29 is 14.3 Å². The topological polar surface area (TPSA) is 59.6 Å². The summed E-state index contributed by atoms with van der Waals surface area (Å²) in [6, 6.07) is 23.0. The van der Waals surface area contributed by atoms with E-state index in [4.69, 9.17) is 21.1 Å². The smallest absolute Gasteiger partial charge is 0.243 e. The highest BCUT2D eigenvalue weighted by molar-refractivity contribution is 6.32. The minimum atomic E-state index is -0.178. The fourth-order valence-corrected chi connectivity index (χ4v) is 3.21. The third-order valence-electron chi connectivity index (χ3n) is 4.48. The molecule has 3 rings (SSSR count). The molecule has 0 bridgehead atoms. The highest BCUT2D eigenvalue weighted by Crippen LogP contribution is 2.27. The summed E-state index contributed by atoms with van der Waals surface area (Å²) >= 11 is 6.11. The van der Waals surface area contributed by atoms with Crippen LogP contribution in [0.5, 0.6) is 11.5 Å². The number of aryl methyl sites for hydroxylation is 1. The summed E-state index contributed by atoms with van der Waals surface area (Å²) in [6.07, 6.45) is 1.84. The van der Waals surface area contributed by atoms with Crippen LogP contribution in [0, 0.1) is 0 Å². The van der Waals surface area contributed by atoms with Gasteiger partial charge in [-0.2, -0.15) is 0 Å². The third-order valence-corrected chi connectivity index (χ3v) is 4.77. The van der Waals surface area contributed by atoms with Gasteiger partial charge in [-0.25, -0.2) is 0 Å². The van der Waals surface area contributed by atoms with Crippen molar-refractivity contribution in [2.24, 2.45) is 0 Å². The molecule has 0 saturated heterocycles. The summed E-state index contributed by atoms with van der Waals surface area (Å²) in [6.45, 7) is 0.676. The standard InChI is InChI=1S/C24H25ClN2O3/c1-29-22-14-13-19(16-20(22)25)26-17-24(28)27-21-11-5-6-12-23(21)30-15-7-10-18-8-3-2-4-9-18/h2-6,8-9,11-14,16,26H,7,10,15,17H2,1H3,(H,27,28). The first-order valence-corrected chi connectivity index (χ1v) is 10.2. The van der Waals surface area contributed by atoms with Gasteiger partial charge in [0.05, 0.1) is 31.0 Å². The average Bonchev–Trinajstić information content (AvgIpc) is 2.77. The van der Waals surface area contributed by atoms with Gasteiger partial charge in [-0.1, -0.05) is 54.1 Å². The predicted molar refractivity (Wildman–Crippen MR) is 122 cm³/mol. The normalized spacial score (nSPS) is 10.3. The van der Waals surface area contributed by atoms with Crippen molar-refractivity contribution in [3.05, 3.63) is 83.4 Å². The number of benzene rings is 3. The zero-order valence-corrected chi connectivity index (χ0v) is 17.6. The number of nitrogens with one attached hydrogen (secondary N) is 2. The van der Waals surface area contributed by atoms with Gasteiger partial charge in [0.15, 0.2) is 0 Å². The van der Waals surface area contributed by atoms with Crippen LogP contribution < -0.4 is 20.1 Å². The van der Waals surface area contributed by atoms with Crippen molar-refractivity contribution in [3.63, 3.8) is 0 Å². The van der Waals surface area contributed by atoms with E-state index in [1.807, 2.05) is 48.5 Å². The Bertz CT molecular complexity index is 964. The van der Waals surface area contributed by atoms with Crippen molar-refractivity contribution in [3.8, 4) is 11.5 Å². The second kappa shape index (κ2) is 11.1. The van der Waals surface area contributed by atoms with Gasteiger partial charge in [0.25, 0.3) is 0 Å². The van der Waals surface area contributed by atoms with E-state index in [0.717, 1.165) is 18.5 Å². The molecule has 0 aliphatic carbocycles. The van der Waals surface area contributed by atoms with Gasteiger partial charge >= 0.3 is 0 Å². The van der Waals surface area contributed by atoms with Crippen molar-refractivity contribution >= 4 is 28.9 Å². The van der Waals surface area contributed by atoms with Crippen molar-refractivity contribution in [1.82, 2.24) is 0 Å². The van der Waals surface area contributed by atoms with Gasteiger partial charge in [0.2, 0.25) is 5.91 Å². The van der Waals surface area contributed by atoms with Crippen LogP contribution >= 0.6 is 11.6 Å². The summed E-state index contributed by atoms with van der Waals surface area (Å²) < 4.78 is 11.0. The number of carbonyl (C=O) groups is 1. The molecule has 0 spiro atoms. The molecule has 5 nitrogen and oxygen atoms in total. The van der Waals surface area contributed by atoms with Gasteiger partial charge in [-0.05, 0) is 48.7 Å². The molecule has 30 heavy (non-hydrogen) atoms. The maximum absolute atomic E-state index is 12.4. The zero-order valence-electron chi connectivity index (χ0n) is 16.9. The molecular formula is C24H25ClN2O3. The summed E-state index contributed by atoms with van der Waals surface area (Å²) in [7, 11) is 1.56. The third kappa shape index (κ3) is 6.42. The molecular weight excluding hydrogens is 400 g/mol. The Morgan fingerprint density at radius 2 is 1.73 bits per heavy atom. The number of ether oxygens (including phenoxy) is 2. The summed E-state index contributed by atoms with van der Waals surface area (Å²) in [4.78, 5) is 12.4. The minimum absolute atomic E-state index is 0.102. The number of anilines is 2. The molecule has 2 N–H and O–H groups in total. The Kier molecular flexibility index (Phi) is 7.98. The lowest BCUT2D eigenvalue weighted by atomic mass is 10.1. The lowest BCUT2D eigenvalue weighted by molar-refractivity contribution is -0.114. The van der Waals surface area contributed by atoms with Gasteiger partial charge in [0.1, 0.15) is 11.5 Å². The maximum Gasteiger partial charge on any atom is 0.243 e. The van der Waals surface area contributed by atoms with E-state index in [0.29, 0.717) is 28.8 Å². The molecule has 6 heteroatoms. The molecule has 0 unspecified atom stereocenters. The fraction of sp³-hybridized carbons (Fsp3) is 0.208. The first kappa shape index (κ1) is 21.5. The first-order chi connectivity index (χ1) is 14.7. The SMILES string of the molecule is COc1ccc(NCC(=O)Nc2ccccc2OCCCc2ccccc2)cc1Cl. The molecule has 0 fully saturated rings. The lowest BCUT2D eigenvalue weighted by Gasteiger charge is -2.13. The number of carbonyl (C=O) groups excluding carboxylic acids is 1. The van der Waals surface area contributed by atoms with Crippen LogP contribution in [0.3, 0.4) is 0 Å². The summed E-state index contributed by atoms with van der Waals surface area (Å²) in [5, 5.41) is 6.43. The van der Waals surface area contributed by atoms with E-state index in [9.17, 15) is 4.79 Å². The zero-order chi connectivity index (χ0) is 21.2. The summed E-state index contributed by atoms with van der Waals surface area (Å²) in [5.41, 5.74) is 2.67. The highest BCUT2D eigenvalue weighted by atomic mass is 35.5. The van der Waals surface area contributed by atoms with Gasteiger partial charge in [-0.3, -0.25) is 4.79 Å². The Morgan fingerprint density at radius 1 is 0.967 bits per heavy atom. The largest absolute Gasteiger partial charge is 0.495 e. The van der Waals surface area contributed by atoms with E-state index < -0.39 is 0 Å². The van der Waals surface area contributed by atoms with Crippen molar-refractivity contribution in [2.75, 3.05) is 30.9 Å². The predicted octanol–water partition coefficient (Wildman–Crippen LogP) is 5.41. The van der Waals surface area contributed by atoms with Crippen LogP contribution in [-0.2, 0) is 11.2 Å². The first-order valence-electron chi connectivity index (χ1n) is 9.79. The van der Waals surface area contributed by atoms with E-state index in [2.05, 4.69) is 22.8 Å². The molecule has 0 aromatic heterocycles. The number of hydrogen-bond acceptors (Lipinski definition) is 4. The molecule has 0 saturated carbocycles. The second-order valence-corrected chi connectivity index (χ2v) is 7.09. The van der Waals surface area contributed by atoms with Crippen molar-refractivity contribution in [2.45, 2.75) is 12.8 Å². The Balaban J connectivity index is 1.48. The molecule has 0 heterocycles. The Hall–Kier alpha value is -3.18. The number of hydrogen-bond donors (Lipinski definition) is 2. The summed E-state index contributed by atoms with van der Waals surface area (Å²) in [5.74, 6) is 1.07. The minimum Gasteiger partial charge on any atom is -0.495 e. The molecule has 1 amide bonds. The van der Waals surface area contributed by atoms with Gasteiger partial charge in [-0.15, -0.1) is 0 Å². The van der Waals surface area contributed by atoms with Crippen LogP contribution in [0.4, 0.5) is 11.4 Å². The van der Waals surface area contributed by atoms with Crippen LogP contribution in [0.2, 0.25) is 5.02 Å².